The van der Waals surface area contributed by atoms with E-state index in [9.17, 15) is 9.50 Å². The SMILES string of the molecule is C[C@@H](O)c1cc(F)ccc1N1CCCC1. The van der Waals surface area contributed by atoms with Crippen LogP contribution in [0.15, 0.2) is 18.2 Å². The van der Waals surface area contributed by atoms with Crippen LogP contribution < -0.4 is 4.90 Å². The fraction of sp³-hybridized carbons (Fsp3) is 0.500. The zero-order valence-corrected chi connectivity index (χ0v) is 8.91. The molecular weight excluding hydrogens is 193 g/mol. The molecule has 3 heteroatoms. The van der Waals surface area contributed by atoms with E-state index in [0.29, 0.717) is 5.56 Å². The van der Waals surface area contributed by atoms with Gasteiger partial charge < -0.3 is 10.0 Å². The molecule has 0 bridgehead atoms. The lowest BCUT2D eigenvalue weighted by atomic mass is 10.1. The topological polar surface area (TPSA) is 23.5 Å². The van der Waals surface area contributed by atoms with Gasteiger partial charge in [0.05, 0.1) is 6.10 Å². The molecule has 1 saturated heterocycles. The first kappa shape index (κ1) is 10.4. The first-order valence-corrected chi connectivity index (χ1v) is 5.41. The summed E-state index contributed by atoms with van der Waals surface area (Å²) in [5.41, 5.74) is 1.67. The van der Waals surface area contributed by atoms with E-state index >= 15 is 0 Å². The van der Waals surface area contributed by atoms with E-state index in [2.05, 4.69) is 4.90 Å². The second-order valence-corrected chi connectivity index (χ2v) is 4.07. The number of rotatable bonds is 2. The molecule has 0 aromatic heterocycles. The zero-order valence-electron chi connectivity index (χ0n) is 8.91. The smallest absolute Gasteiger partial charge is 0.123 e. The van der Waals surface area contributed by atoms with Crippen LogP contribution in [0.5, 0.6) is 0 Å². The largest absolute Gasteiger partial charge is 0.389 e. The first-order valence-electron chi connectivity index (χ1n) is 5.41. The van der Waals surface area contributed by atoms with E-state index < -0.39 is 6.10 Å². The molecule has 82 valence electrons. The molecule has 1 aromatic rings. The molecule has 1 N–H and O–H groups in total. The summed E-state index contributed by atoms with van der Waals surface area (Å²) in [7, 11) is 0. The number of halogens is 1. The van der Waals surface area contributed by atoms with E-state index in [1.165, 1.54) is 25.0 Å². The Hall–Kier alpha value is -1.09. The molecule has 0 saturated carbocycles. The lowest BCUT2D eigenvalue weighted by Gasteiger charge is -2.22. The van der Waals surface area contributed by atoms with Gasteiger partial charge in [-0.3, -0.25) is 0 Å². The van der Waals surface area contributed by atoms with Gasteiger partial charge in [-0.1, -0.05) is 0 Å². The molecule has 2 rings (SSSR count). The van der Waals surface area contributed by atoms with Crippen molar-refractivity contribution < 1.29 is 9.50 Å². The number of hydrogen-bond acceptors (Lipinski definition) is 2. The number of hydrogen-bond donors (Lipinski definition) is 1. The monoisotopic (exact) mass is 209 g/mol. The van der Waals surface area contributed by atoms with E-state index in [0.717, 1.165) is 18.8 Å². The normalized spacial score (nSPS) is 18.2. The number of aliphatic hydroxyl groups excluding tert-OH is 1. The van der Waals surface area contributed by atoms with Crippen molar-refractivity contribution in [3.8, 4) is 0 Å². The van der Waals surface area contributed by atoms with Gasteiger partial charge in [-0.2, -0.15) is 0 Å². The Morgan fingerprint density at radius 1 is 1.33 bits per heavy atom. The third-order valence-electron chi connectivity index (χ3n) is 2.89. The quantitative estimate of drug-likeness (QED) is 0.808. The molecular formula is C12H16FNO. The maximum atomic E-state index is 13.1. The van der Waals surface area contributed by atoms with Crippen molar-refractivity contribution in [2.24, 2.45) is 0 Å². The average molecular weight is 209 g/mol. The van der Waals surface area contributed by atoms with Gasteiger partial charge in [0.15, 0.2) is 0 Å². The number of aliphatic hydroxyl groups is 1. The van der Waals surface area contributed by atoms with Gasteiger partial charge in [0, 0.05) is 24.3 Å². The molecule has 1 aliphatic heterocycles. The lowest BCUT2D eigenvalue weighted by Crippen LogP contribution is -2.19. The minimum Gasteiger partial charge on any atom is -0.389 e. The van der Waals surface area contributed by atoms with Gasteiger partial charge in [-0.05, 0) is 38.0 Å². The summed E-state index contributed by atoms with van der Waals surface area (Å²) < 4.78 is 13.1. The first-order chi connectivity index (χ1) is 7.18. The predicted molar refractivity (Wildman–Crippen MR) is 58.5 cm³/mol. The highest BCUT2D eigenvalue weighted by Crippen LogP contribution is 2.29. The molecule has 1 atom stereocenters. The van der Waals surface area contributed by atoms with Gasteiger partial charge in [0.25, 0.3) is 0 Å². The Morgan fingerprint density at radius 2 is 2.00 bits per heavy atom. The van der Waals surface area contributed by atoms with Crippen molar-refractivity contribution >= 4 is 5.69 Å². The van der Waals surface area contributed by atoms with Crippen molar-refractivity contribution in [3.05, 3.63) is 29.6 Å². The lowest BCUT2D eigenvalue weighted by molar-refractivity contribution is 0.199. The van der Waals surface area contributed by atoms with Gasteiger partial charge in [-0.15, -0.1) is 0 Å². The summed E-state index contributed by atoms with van der Waals surface area (Å²) in [6, 6.07) is 4.65. The number of anilines is 1. The van der Waals surface area contributed by atoms with Gasteiger partial charge in [0.2, 0.25) is 0 Å². The van der Waals surface area contributed by atoms with Crippen molar-refractivity contribution in [2.45, 2.75) is 25.9 Å². The highest BCUT2D eigenvalue weighted by atomic mass is 19.1. The molecule has 0 spiro atoms. The van der Waals surface area contributed by atoms with Crippen molar-refractivity contribution in [1.29, 1.82) is 0 Å². The molecule has 1 heterocycles. The Kier molecular flexibility index (Phi) is 2.91. The Bertz CT molecular complexity index is 345. The number of benzene rings is 1. The number of nitrogens with zero attached hydrogens (tertiary/aromatic N) is 1. The summed E-state index contributed by atoms with van der Waals surface area (Å²) in [5, 5.41) is 9.60. The summed E-state index contributed by atoms with van der Waals surface area (Å²) in [5.74, 6) is -0.283. The molecule has 0 amide bonds. The maximum Gasteiger partial charge on any atom is 0.123 e. The Balaban J connectivity index is 2.36. The van der Waals surface area contributed by atoms with E-state index in [1.54, 1.807) is 13.0 Å². The summed E-state index contributed by atoms with van der Waals surface area (Å²) in [6.07, 6.45) is 1.74. The molecule has 0 radical (unpaired) electrons. The summed E-state index contributed by atoms with van der Waals surface area (Å²) in [4.78, 5) is 2.21. The second kappa shape index (κ2) is 4.19. The van der Waals surface area contributed by atoms with Crippen molar-refractivity contribution in [2.75, 3.05) is 18.0 Å². The standard InChI is InChI=1S/C12H16FNO/c1-9(15)11-8-10(13)4-5-12(11)14-6-2-3-7-14/h4-5,8-9,15H,2-3,6-7H2,1H3/t9-/m1/s1. The van der Waals surface area contributed by atoms with E-state index in [4.69, 9.17) is 0 Å². The van der Waals surface area contributed by atoms with Crippen LogP contribution >= 0.6 is 0 Å². The van der Waals surface area contributed by atoms with Gasteiger partial charge in [0.1, 0.15) is 5.82 Å². The minimum atomic E-state index is -0.615. The fourth-order valence-electron chi connectivity index (χ4n) is 2.11. The van der Waals surface area contributed by atoms with Crippen LogP contribution in [0.1, 0.15) is 31.4 Å². The van der Waals surface area contributed by atoms with Crippen LogP contribution in [0.25, 0.3) is 0 Å². The van der Waals surface area contributed by atoms with Crippen LogP contribution in [0.2, 0.25) is 0 Å². The van der Waals surface area contributed by atoms with Gasteiger partial charge >= 0.3 is 0 Å². The van der Waals surface area contributed by atoms with E-state index in [-0.39, 0.29) is 5.82 Å². The molecule has 15 heavy (non-hydrogen) atoms. The van der Waals surface area contributed by atoms with Crippen LogP contribution in [-0.4, -0.2) is 18.2 Å². The third kappa shape index (κ3) is 2.12. The zero-order chi connectivity index (χ0) is 10.8. The fourth-order valence-corrected chi connectivity index (χ4v) is 2.11. The van der Waals surface area contributed by atoms with Crippen molar-refractivity contribution in [1.82, 2.24) is 0 Å². The molecule has 0 unspecified atom stereocenters. The van der Waals surface area contributed by atoms with Crippen LogP contribution in [-0.2, 0) is 0 Å². The molecule has 1 fully saturated rings. The highest BCUT2D eigenvalue weighted by molar-refractivity contribution is 5.55. The van der Waals surface area contributed by atoms with E-state index in [1.807, 2.05) is 0 Å². The highest BCUT2D eigenvalue weighted by Gasteiger charge is 2.18. The van der Waals surface area contributed by atoms with Crippen LogP contribution in [0.4, 0.5) is 10.1 Å². The van der Waals surface area contributed by atoms with Crippen molar-refractivity contribution in [3.63, 3.8) is 0 Å². The van der Waals surface area contributed by atoms with Crippen LogP contribution in [0, 0.1) is 5.82 Å². The van der Waals surface area contributed by atoms with Crippen LogP contribution in [0.3, 0.4) is 0 Å². The molecule has 2 nitrogen and oxygen atoms in total. The summed E-state index contributed by atoms with van der Waals surface area (Å²) in [6.45, 7) is 3.69. The molecule has 0 aliphatic carbocycles. The average Bonchev–Trinajstić information content (AvgIpc) is 2.70. The van der Waals surface area contributed by atoms with Gasteiger partial charge in [-0.25, -0.2) is 4.39 Å². The Labute approximate surface area is 89.3 Å². The molecule has 1 aromatic carbocycles. The third-order valence-corrected chi connectivity index (χ3v) is 2.89. The Morgan fingerprint density at radius 3 is 2.60 bits per heavy atom. The summed E-state index contributed by atoms with van der Waals surface area (Å²) >= 11 is 0. The second-order valence-electron chi connectivity index (χ2n) is 4.07. The minimum absolute atomic E-state index is 0.283. The molecule has 1 aliphatic rings. The maximum absolute atomic E-state index is 13.1. The predicted octanol–water partition coefficient (Wildman–Crippen LogP) is 2.48.